The van der Waals surface area contributed by atoms with Crippen LogP contribution in [-0.2, 0) is 21.5 Å². The number of aryl methyl sites for hydroxylation is 1. The molecular weight excluding hydrogens is 521 g/mol. The van der Waals surface area contributed by atoms with Crippen molar-refractivity contribution in [1.82, 2.24) is 10.6 Å². The number of hydrogen-bond donors (Lipinski definition) is 4. The smallest absolute Gasteiger partial charge is 0.221 e. The lowest BCUT2D eigenvalue weighted by molar-refractivity contribution is -0.123. The van der Waals surface area contributed by atoms with Gasteiger partial charge in [-0.2, -0.15) is 0 Å². The van der Waals surface area contributed by atoms with Crippen LogP contribution in [0.25, 0.3) is 0 Å². The predicted octanol–water partition coefficient (Wildman–Crippen LogP) is 3.56. The first-order valence-corrected chi connectivity index (χ1v) is 14.2. The SMILES string of the molecule is C#CCC(CCC(=O)NCCCCOc1cc(F)cc(CC[C@H](O)CNC2(c3cccc(C#C)c3)CC2)c1)C(N)=O. The van der Waals surface area contributed by atoms with Gasteiger partial charge in [0.25, 0.3) is 0 Å². The van der Waals surface area contributed by atoms with E-state index >= 15 is 0 Å². The lowest BCUT2D eigenvalue weighted by Crippen LogP contribution is -2.36. The fraction of sp³-hybridized carbons (Fsp3) is 0.455. The largest absolute Gasteiger partial charge is 0.493 e. The number of terminal acetylenes is 2. The van der Waals surface area contributed by atoms with Crippen LogP contribution >= 0.6 is 0 Å². The molecular formula is C33H40FN3O4. The Hall–Kier alpha value is -3.85. The van der Waals surface area contributed by atoms with Crippen molar-refractivity contribution in [3.63, 3.8) is 0 Å². The average molecular weight is 562 g/mol. The number of carbonyl (C=O) groups excluding carboxylic acids is 2. The Morgan fingerprint density at radius 1 is 1.15 bits per heavy atom. The van der Waals surface area contributed by atoms with Crippen LogP contribution in [0.15, 0.2) is 42.5 Å². The minimum absolute atomic E-state index is 0.132. The molecule has 2 aromatic carbocycles. The van der Waals surface area contributed by atoms with Gasteiger partial charge in [-0.3, -0.25) is 9.59 Å². The third-order valence-electron chi connectivity index (χ3n) is 7.35. The number of primary amides is 1. The Morgan fingerprint density at radius 2 is 1.95 bits per heavy atom. The summed E-state index contributed by atoms with van der Waals surface area (Å²) in [4.78, 5) is 23.3. The summed E-state index contributed by atoms with van der Waals surface area (Å²) < 4.78 is 19.9. The van der Waals surface area contributed by atoms with Crippen molar-refractivity contribution in [1.29, 1.82) is 0 Å². The Labute approximate surface area is 242 Å². The molecule has 2 aromatic rings. The summed E-state index contributed by atoms with van der Waals surface area (Å²) in [6.07, 6.45) is 15.3. The van der Waals surface area contributed by atoms with E-state index < -0.39 is 17.9 Å². The average Bonchev–Trinajstić information content (AvgIpc) is 3.75. The van der Waals surface area contributed by atoms with Crippen LogP contribution in [0.4, 0.5) is 4.39 Å². The van der Waals surface area contributed by atoms with E-state index in [-0.39, 0.29) is 30.1 Å². The van der Waals surface area contributed by atoms with E-state index in [0.717, 1.165) is 29.5 Å². The lowest BCUT2D eigenvalue weighted by Gasteiger charge is -2.21. The maximum Gasteiger partial charge on any atom is 0.221 e. The van der Waals surface area contributed by atoms with Gasteiger partial charge in [0.05, 0.1) is 12.7 Å². The molecule has 7 nitrogen and oxygen atoms in total. The van der Waals surface area contributed by atoms with Gasteiger partial charge in [-0.1, -0.05) is 18.1 Å². The maximum absolute atomic E-state index is 14.2. The van der Waals surface area contributed by atoms with E-state index in [4.69, 9.17) is 23.3 Å². The second-order valence-electron chi connectivity index (χ2n) is 10.6. The number of unbranched alkanes of at least 4 members (excludes halogenated alkanes) is 1. The van der Waals surface area contributed by atoms with E-state index in [0.29, 0.717) is 57.6 Å². The van der Waals surface area contributed by atoms with E-state index in [1.807, 2.05) is 18.2 Å². The van der Waals surface area contributed by atoms with Crippen LogP contribution < -0.4 is 21.1 Å². The van der Waals surface area contributed by atoms with Gasteiger partial charge in [0.15, 0.2) is 0 Å². The van der Waals surface area contributed by atoms with Crippen LogP contribution in [0.2, 0.25) is 0 Å². The highest BCUT2D eigenvalue weighted by molar-refractivity contribution is 5.79. The van der Waals surface area contributed by atoms with Crippen molar-refractivity contribution in [2.75, 3.05) is 19.7 Å². The molecule has 2 atom stereocenters. The molecule has 1 aliphatic carbocycles. The van der Waals surface area contributed by atoms with Gasteiger partial charge in [-0.05, 0) is 80.3 Å². The number of hydrogen-bond acceptors (Lipinski definition) is 5. The van der Waals surface area contributed by atoms with E-state index in [9.17, 15) is 19.1 Å². The molecule has 0 radical (unpaired) electrons. The van der Waals surface area contributed by atoms with Crippen molar-refractivity contribution in [3.8, 4) is 30.4 Å². The van der Waals surface area contributed by atoms with Gasteiger partial charge in [-0.25, -0.2) is 4.39 Å². The molecule has 8 heteroatoms. The number of amides is 2. The fourth-order valence-corrected chi connectivity index (χ4v) is 4.72. The number of rotatable bonds is 18. The molecule has 218 valence electrons. The first-order valence-electron chi connectivity index (χ1n) is 14.2. The van der Waals surface area contributed by atoms with Crippen molar-refractivity contribution in [3.05, 3.63) is 65.0 Å². The molecule has 1 aliphatic rings. The van der Waals surface area contributed by atoms with Crippen molar-refractivity contribution >= 4 is 11.8 Å². The maximum atomic E-state index is 14.2. The van der Waals surface area contributed by atoms with E-state index in [2.05, 4.69) is 28.5 Å². The Morgan fingerprint density at radius 3 is 2.66 bits per heavy atom. The molecule has 1 saturated carbocycles. The van der Waals surface area contributed by atoms with Gasteiger partial charge in [0, 0.05) is 49.0 Å². The zero-order valence-corrected chi connectivity index (χ0v) is 23.5. The second kappa shape index (κ2) is 15.8. The Balaban J connectivity index is 1.33. The summed E-state index contributed by atoms with van der Waals surface area (Å²) in [5, 5.41) is 16.9. The third-order valence-corrected chi connectivity index (χ3v) is 7.35. The quantitative estimate of drug-likeness (QED) is 0.164. The van der Waals surface area contributed by atoms with Crippen LogP contribution in [0, 0.1) is 36.4 Å². The van der Waals surface area contributed by atoms with Gasteiger partial charge in [-0.15, -0.1) is 18.8 Å². The highest BCUT2D eigenvalue weighted by Crippen LogP contribution is 2.45. The number of ether oxygens (including phenoxy) is 1. The van der Waals surface area contributed by atoms with E-state index in [1.165, 1.54) is 12.1 Å². The van der Waals surface area contributed by atoms with Gasteiger partial charge >= 0.3 is 0 Å². The summed E-state index contributed by atoms with van der Waals surface area (Å²) in [6.45, 7) is 1.28. The molecule has 0 aromatic heterocycles. The Kier molecular flexibility index (Phi) is 12.2. The zero-order valence-electron chi connectivity index (χ0n) is 23.5. The molecule has 1 fully saturated rings. The standard InChI is InChI=1S/C33H40FN3O4/c1-3-8-26(32(35)40)12-14-31(39)36-17-5-6-18-41-30-21-25(20-28(34)22-30)11-13-29(38)23-37-33(15-16-33)27-10-7-9-24(4-2)19-27/h1-2,7,9-10,19-22,26,29,37-38H,5-6,8,11-18,23H2,(H2,35,40)(H,36,39)/t26?,29-/m0/s1. The van der Waals surface area contributed by atoms with Crippen LogP contribution in [0.5, 0.6) is 5.75 Å². The minimum Gasteiger partial charge on any atom is -0.493 e. The van der Waals surface area contributed by atoms with Crippen molar-refractivity contribution in [2.45, 2.75) is 69.4 Å². The second-order valence-corrected chi connectivity index (χ2v) is 10.6. The number of nitrogens with one attached hydrogen (secondary N) is 2. The molecule has 0 spiro atoms. The monoisotopic (exact) mass is 561 g/mol. The Bertz CT molecular complexity index is 1260. The summed E-state index contributed by atoms with van der Waals surface area (Å²) >= 11 is 0. The highest BCUT2D eigenvalue weighted by Gasteiger charge is 2.44. The molecule has 5 N–H and O–H groups in total. The molecule has 1 unspecified atom stereocenters. The molecule has 2 amide bonds. The van der Waals surface area contributed by atoms with Gasteiger partial charge in [0.2, 0.25) is 11.8 Å². The van der Waals surface area contributed by atoms with Gasteiger partial charge < -0.3 is 26.2 Å². The molecule has 0 aliphatic heterocycles. The molecule has 0 saturated heterocycles. The van der Waals surface area contributed by atoms with E-state index in [1.54, 1.807) is 6.07 Å². The first-order chi connectivity index (χ1) is 19.7. The van der Waals surface area contributed by atoms with Crippen LogP contribution in [-0.4, -0.2) is 42.7 Å². The van der Waals surface area contributed by atoms with Crippen LogP contribution in [0.3, 0.4) is 0 Å². The molecule has 3 rings (SSSR count). The van der Waals surface area contributed by atoms with Crippen molar-refractivity contribution in [2.24, 2.45) is 11.7 Å². The summed E-state index contributed by atoms with van der Waals surface area (Å²) in [5.74, 6) is 3.98. The number of carbonyl (C=O) groups is 2. The number of aliphatic hydroxyl groups excluding tert-OH is 1. The number of aliphatic hydroxyl groups is 1. The normalized spacial score (nSPS) is 14.7. The summed E-state index contributed by atoms with van der Waals surface area (Å²) in [6, 6.07) is 12.5. The molecule has 0 heterocycles. The zero-order chi connectivity index (χ0) is 29.7. The number of nitrogens with two attached hydrogens (primary N) is 1. The number of benzene rings is 2. The van der Waals surface area contributed by atoms with Crippen molar-refractivity contribution < 1.29 is 23.8 Å². The highest BCUT2D eigenvalue weighted by atomic mass is 19.1. The minimum atomic E-state index is -0.579. The lowest BCUT2D eigenvalue weighted by atomic mass is 9.99. The van der Waals surface area contributed by atoms with Gasteiger partial charge in [0.1, 0.15) is 11.6 Å². The summed E-state index contributed by atoms with van der Waals surface area (Å²) in [7, 11) is 0. The predicted molar refractivity (Wildman–Crippen MR) is 157 cm³/mol. The fourth-order valence-electron chi connectivity index (χ4n) is 4.72. The number of halogens is 1. The van der Waals surface area contributed by atoms with Crippen LogP contribution in [0.1, 0.15) is 68.1 Å². The molecule has 0 bridgehead atoms. The summed E-state index contributed by atoms with van der Waals surface area (Å²) in [5.41, 5.74) is 7.90. The topological polar surface area (TPSA) is 114 Å². The first kappa shape index (κ1) is 31.7. The third kappa shape index (κ3) is 10.6. The molecule has 41 heavy (non-hydrogen) atoms.